The topological polar surface area (TPSA) is 49.4 Å². The van der Waals surface area contributed by atoms with Crippen molar-refractivity contribution in [2.45, 2.75) is 16.8 Å². The summed E-state index contributed by atoms with van der Waals surface area (Å²) in [5.74, 6) is 1.23. The van der Waals surface area contributed by atoms with Gasteiger partial charge in [-0.2, -0.15) is 0 Å². The third-order valence-electron chi connectivity index (χ3n) is 5.16. The Bertz CT molecular complexity index is 1110. The number of carbonyl (C=O) groups is 2. The molecule has 0 bridgehead atoms. The maximum atomic E-state index is 12.5. The van der Waals surface area contributed by atoms with Crippen LogP contribution < -0.4 is 5.32 Å². The minimum Gasteiger partial charge on any atom is -0.351 e. The van der Waals surface area contributed by atoms with Crippen molar-refractivity contribution < 1.29 is 9.59 Å². The Hall–Kier alpha value is -2.12. The van der Waals surface area contributed by atoms with Crippen molar-refractivity contribution in [1.82, 2.24) is 10.2 Å². The van der Waals surface area contributed by atoms with Gasteiger partial charge in [0, 0.05) is 39.3 Å². The fourth-order valence-electron chi connectivity index (χ4n) is 3.45. The van der Waals surface area contributed by atoms with Crippen molar-refractivity contribution in [3.63, 3.8) is 0 Å². The molecule has 2 amide bonds. The van der Waals surface area contributed by atoms with Gasteiger partial charge < -0.3 is 10.2 Å². The first kappa shape index (κ1) is 24.0. The normalized spacial score (nSPS) is 15.6. The summed E-state index contributed by atoms with van der Waals surface area (Å²) < 4.78 is 0. The Labute approximate surface area is 212 Å². The molecule has 0 radical (unpaired) electrons. The largest absolute Gasteiger partial charge is 0.351 e. The number of hydrogen-bond acceptors (Lipinski definition) is 4. The van der Waals surface area contributed by atoms with Gasteiger partial charge in [-0.3, -0.25) is 9.59 Å². The van der Waals surface area contributed by atoms with Crippen LogP contribution >= 0.6 is 46.7 Å². The summed E-state index contributed by atoms with van der Waals surface area (Å²) in [4.78, 5) is 28.0. The molecule has 3 aromatic carbocycles. The molecule has 0 saturated carbocycles. The minimum absolute atomic E-state index is 0.0685. The first-order valence-corrected chi connectivity index (χ1v) is 13.2. The first-order chi connectivity index (χ1) is 16.0. The highest BCUT2D eigenvalue weighted by atomic mass is 35.5. The number of hydrogen-bond donors (Lipinski definition) is 1. The zero-order chi connectivity index (χ0) is 23.2. The van der Waals surface area contributed by atoms with Crippen LogP contribution in [0.15, 0.2) is 77.7 Å². The third kappa shape index (κ3) is 6.48. The van der Waals surface area contributed by atoms with Crippen LogP contribution in [0, 0.1) is 0 Å². The molecule has 33 heavy (non-hydrogen) atoms. The van der Waals surface area contributed by atoms with Crippen LogP contribution in [0.4, 0.5) is 0 Å². The van der Waals surface area contributed by atoms with Crippen LogP contribution in [0.1, 0.15) is 26.9 Å². The highest BCUT2D eigenvalue weighted by Gasteiger charge is 2.32. The Kier molecular flexibility index (Phi) is 8.25. The maximum Gasteiger partial charge on any atom is 0.251 e. The number of nitrogens with one attached hydrogen (secondary N) is 1. The highest BCUT2D eigenvalue weighted by molar-refractivity contribution is 8.00. The van der Waals surface area contributed by atoms with Crippen LogP contribution in [0.2, 0.25) is 10.0 Å². The average Bonchev–Trinajstić information content (AvgIpc) is 3.19. The van der Waals surface area contributed by atoms with Gasteiger partial charge in [-0.05, 0) is 59.7 Å². The predicted octanol–water partition coefficient (Wildman–Crippen LogP) is 6.29. The fourth-order valence-corrected chi connectivity index (χ4v) is 5.66. The molecule has 1 N–H and O–H groups in total. The number of thioether (sulfide) groups is 2. The summed E-state index contributed by atoms with van der Waals surface area (Å²) in [5, 5.41) is 4.28. The van der Waals surface area contributed by atoms with Crippen molar-refractivity contribution in [3.8, 4) is 0 Å². The van der Waals surface area contributed by atoms with E-state index in [-0.39, 0.29) is 17.2 Å². The van der Waals surface area contributed by atoms with Gasteiger partial charge >= 0.3 is 0 Å². The van der Waals surface area contributed by atoms with E-state index < -0.39 is 0 Å². The van der Waals surface area contributed by atoms with Crippen molar-refractivity contribution in [2.75, 3.05) is 18.1 Å². The van der Waals surface area contributed by atoms with Gasteiger partial charge in [0.15, 0.2) is 0 Å². The zero-order valence-electron chi connectivity index (χ0n) is 17.7. The maximum absolute atomic E-state index is 12.5. The van der Waals surface area contributed by atoms with E-state index in [1.54, 1.807) is 23.5 Å². The van der Waals surface area contributed by atoms with E-state index in [1.165, 1.54) is 0 Å². The average molecular weight is 518 g/mol. The smallest absolute Gasteiger partial charge is 0.251 e. The molecule has 0 aromatic heterocycles. The molecule has 1 atom stereocenters. The molecule has 0 aliphatic carbocycles. The second-order valence-electron chi connectivity index (χ2n) is 7.49. The van der Waals surface area contributed by atoms with Crippen molar-refractivity contribution >= 4 is 58.5 Å². The monoisotopic (exact) mass is 516 g/mol. The lowest BCUT2D eigenvalue weighted by molar-refractivity contribution is -0.128. The zero-order valence-corrected chi connectivity index (χ0v) is 20.8. The molecule has 3 aromatic rings. The second-order valence-corrected chi connectivity index (χ2v) is 10.6. The number of halogens is 2. The Balaban J connectivity index is 1.31. The number of carbonyl (C=O) groups excluding carboxylic acids is 2. The summed E-state index contributed by atoms with van der Waals surface area (Å²) in [5.41, 5.74) is 2.65. The Morgan fingerprint density at radius 1 is 0.970 bits per heavy atom. The quantitative estimate of drug-likeness (QED) is 0.282. The molecular formula is C25H22Cl2N2O2S2. The number of rotatable bonds is 8. The lowest BCUT2D eigenvalue weighted by Gasteiger charge is -2.24. The van der Waals surface area contributed by atoms with E-state index in [1.807, 2.05) is 77.7 Å². The fraction of sp³-hybridized carbons (Fsp3) is 0.200. The van der Waals surface area contributed by atoms with Crippen LogP contribution in [0.5, 0.6) is 0 Å². The van der Waals surface area contributed by atoms with E-state index in [4.69, 9.17) is 23.2 Å². The number of benzene rings is 3. The molecule has 1 aliphatic heterocycles. The second kappa shape index (κ2) is 11.3. The van der Waals surface area contributed by atoms with Crippen LogP contribution in [-0.4, -0.2) is 34.8 Å². The van der Waals surface area contributed by atoms with E-state index >= 15 is 0 Å². The SMILES string of the molecule is O=C(NCCSc1ccc(Cl)cc1)c1ccc([C@H]2SCC(=O)N2Cc2ccc(Cl)cc2)cc1. The molecule has 1 heterocycles. The molecule has 0 spiro atoms. The summed E-state index contributed by atoms with van der Waals surface area (Å²) >= 11 is 15.1. The summed E-state index contributed by atoms with van der Waals surface area (Å²) in [6.45, 7) is 1.09. The van der Waals surface area contributed by atoms with Gasteiger partial charge in [0.05, 0.1) is 5.75 Å². The van der Waals surface area contributed by atoms with Gasteiger partial charge in [-0.25, -0.2) is 0 Å². The third-order valence-corrected chi connectivity index (χ3v) is 7.94. The van der Waals surface area contributed by atoms with E-state index in [9.17, 15) is 9.59 Å². The highest BCUT2D eigenvalue weighted by Crippen LogP contribution is 2.39. The van der Waals surface area contributed by atoms with Gasteiger partial charge in [0.2, 0.25) is 5.91 Å². The summed E-state index contributed by atoms with van der Waals surface area (Å²) in [6.07, 6.45) is 0. The minimum atomic E-state index is -0.105. The molecule has 4 rings (SSSR count). The summed E-state index contributed by atoms with van der Waals surface area (Å²) in [7, 11) is 0. The molecule has 1 saturated heterocycles. The van der Waals surface area contributed by atoms with Crippen LogP contribution in [0.25, 0.3) is 0 Å². The molecule has 8 heteroatoms. The molecule has 1 aliphatic rings. The molecular weight excluding hydrogens is 495 g/mol. The van der Waals surface area contributed by atoms with Gasteiger partial charge in [0.25, 0.3) is 5.91 Å². The van der Waals surface area contributed by atoms with Crippen LogP contribution in [0.3, 0.4) is 0 Å². The number of amides is 2. The van der Waals surface area contributed by atoms with Gasteiger partial charge in [-0.1, -0.05) is 47.5 Å². The number of nitrogens with zero attached hydrogens (tertiary/aromatic N) is 1. The standard InChI is InChI=1S/C25H22Cl2N2O2S2/c26-20-7-1-17(2-8-20)15-29-23(30)16-33-25(29)19-5-3-18(4-6-19)24(31)28-13-14-32-22-11-9-21(27)10-12-22/h1-12,25H,13-16H2,(H,28,31)/t25-/m1/s1. The van der Waals surface area contributed by atoms with E-state index in [0.29, 0.717) is 34.5 Å². The molecule has 170 valence electrons. The van der Waals surface area contributed by atoms with Crippen molar-refractivity contribution in [1.29, 1.82) is 0 Å². The Morgan fingerprint density at radius 3 is 2.27 bits per heavy atom. The summed E-state index contributed by atoms with van der Waals surface area (Å²) in [6, 6.07) is 22.7. The van der Waals surface area contributed by atoms with Crippen molar-refractivity contribution in [3.05, 3.63) is 99.5 Å². The van der Waals surface area contributed by atoms with Crippen LogP contribution in [-0.2, 0) is 11.3 Å². The molecule has 0 unspecified atom stereocenters. The van der Waals surface area contributed by atoms with Gasteiger partial charge in [-0.15, -0.1) is 23.5 Å². The molecule has 1 fully saturated rings. The van der Waals surface area contributed by atoms with Crippen molar-refractivity contribution in [2.24, 2.45) is 0 Å². The van der Waals surface area contributed by atoms with E-state index in [2.05, 4.69) is 5.32 Å². The predicted molar refractivity (Wildman–Crippen MR) is 138 cm³/mol. The van der Waals surface area contributed by atoms with E-state index in [0.717, 1.165) is 21.8 Å². The molecule has 4 nitrogen and oxygen atoms in total. The Morgan fingerprint density at radius 2 is 1.61 bits per heavy atom. The van der Waals surface area contributed by atoms with Gasteiger partial charge in [0.1, 0.15) is 5.37 Å². The lowest BCUT2D eigenvalue weighted by atomic mass is 10.1. The first-order valence-electron chi connectivity index (χ1n) is 10.4. The lowest BCUT2D eigenvalue weighted by Crippen LogP contribution is -2.28.